The maximum atomic E-state index is 15.5. The van der Waals surface area contributed by atoms with Gasteiger partial charge in [-0.1, -0.05) is 13.0 Å². The summed E-state index contributed by atoms with van der Waals surface area (Å²) in [5.74, 6) is -0.499. The van der Waals surface area contributed by atoms with Crippen molar-refractivity contribution < 1.29 is 37.5 Å². The smallest absolute Gasteiger partial charge is 0.350 e. The van der Waals surface area contributed by atoms with Gasteiger partial charge in [0.25, 0.3) is 6.33 Å². The van der Waals surface area contributed by atoms with Gasteiger partial charge in [-0.15, -0.1) is 4.68 Å². The summed E-state index contributed by atoms with van der Waals surface area (Å²) in [7, 11) is 0. The van der Waals surface area contributed by atoms with E-state index in [4.69, 9.17) is 14.2 Å². The summed E-state index contributed by atoms with van der Waals surface area (Å²) in [6.45, 7) is 13.5. The zero-order valence-electron chi connectivity index (χ0n) is 36.9. The first-order chi connectivity index (χ1) is 30.8. The van der Waals surface area contributed by atoms with Crippen LogP contribution in [0.4, 0.5) is 20.2 Å². The van der Waals surface area contributed by atoms with Gasteiger partial charge in [-0.3, -0.25) is 4.79 Å². The van der Waals surface area contributed by atoms with Crippen molar-refractivity contribution in [1.82, 2.24) is 24.1 Å². The molecule has 336 valence electrons. The SMILES string of the molecule is CC[C@@H]([C@H](C)O)n1ncn(-c2ccc(N3CCN(c4ccc(OC[C@@H]5CO[C@@](Cn6c[n+](Cc7cc(C)c(OC(C)=O)c(C)c7)cn6)(c6ccc(F)cc6F)C5)cc4)CC3)cc2)c1=O. The van der Waals surface area contributed by atoms with E-state index in [0.717, 1.165) is 66.0 Å². The van der Waals surface area contributed by atoms with Gasteiger partial charge in [-0.05, 0) is 117 Å². The average Bonchev–Trinajstić information content (AvgIpc) is 4.00. The van der Waals surface area contributed by atoms with Gasteiger partial charge in [0, 0.05) is 67.1 Å². The summed E-state index contributed by atoms with van der Waals surface area (Å²) in [6, 6.07) is 23.1. The third-order valence-corrected chi connectivity index (χ3v) is 12.3. The number of ether oxygens (including phenoxy) is 3. The number of nitrogens with zero attached hydrogens (tertiary/aromatic N) is 8. The second-order valence-electron chi connectivity index (χ2n) is 17.0. The number of benzene rings is 4. The van der Waals surface area contributed by atoms with Crippen LogP contribution in [-0.2, 0) is 28.2 Å². The molecule has 0 radical (unpaired) electrons. The van der Waals surface area contributed by atoms with Crippen molar-refractivity contribution in [2.24, 2.45) is 5.92 Å². The Kier molecular flexibility index (Phi) is 13.0. The molecule has 64 heavy (non-hydrogen) atoms. The van der Waals surface area contributed by atoms with E-state index >= 15 is 4.39 Å². The van der Waals surface area contributed by atoms with Crippen LogP contribution in [0.2, 0.25) is 0 Å². The molecule has 0 aliphatic carbocycles. The van der Waals surface area contributed by atoms with E-state index < -0.39 is 23.3 Å². The first-order valence-electron chi connectivity index (χ1n) is 21.8. The Hall–Kier alpha value is -6.39. The highest BCUT2D eigenvalue weighted by Crippen LogP contribution is 2.42. The molecule has 2 saturated heterocycles. The molecule has 2 aliphatic heterocycles. The van der Waals surface area contributed by atoms with Gasteiger partial charge in [0.15, 0.2) is 0 Å². The van der Waals surface area contributed by atoms with Crippen LogP contribution in [0.25, 0.3) is 5.69 Å². The number of hydrogen-bond donors (Lipinski definition) is 1. The number of carbonyl (C=O) groups is 1. The van der Waals surface area contributed by atoms with E-state index in [2.05, 4.69) is 32.1 Å². The molecule has 2 aliphatic rings. The van der Waals surface area contributed by atoms with Crippen molar-refractivity contribution in [2.75, 3.05) is 49.2 Å². The molecule has 16 heteroatoms. The molecule has 1 N–H and O–H groups in total. The lowest BCUT2D eigenvalue weighted by molar-refractivity contribution is -0.689. The van der Waals surface area contributed by atoms with Crippen molar-refractivity contribution in [3.63, 3.8) is 0 Å². The molecule has 2 fully saturated rings. The molecule has 4 atom stereocenters. The number of aliphatic hydroxyl groups is 1. The summed E-state index contributed by atoms with van der Waals surface area (Å²) < 4.78 is 54.2. The van der Waals surface area contributed by atoms with Crippen LogP contribution >= 0.6 is 0 Å². The number of aromatic nitrogens is 6. The fourth-order valence-corrected chi connectivity index (χ4v) is 9.10. The molecule has 0 unspecified atom stereocenters. The quantitative estimate of drug-likeness (QED) is 0.0739. The summed E-state index contributed by atoms with van der Waals surface area (Å²) in [4.78, 5) is 29.3. The monoisotopic (exact) mass is 877 g/mol. The zero-order valence-corrected chi connectivity index (χ0v) is 36.9. The van der Waals surface area contributed by atoms with E-state index in [1.165, 1.54) is 34.6 Å². The van der Waals surface area contributed by atoms with Crippen LogP contribution in [0.5, 0.6) is 11.5 Å². The van der Waals surface area contributed by atoms with Crippen LogP contribution in [0, 0.1) is 31.4 Å². The Bertz CT molecular complexity index is 2610. The summed E-state index contributed by atoms with van der Waals surface area (Å²) in [6.07, 6.45) is 5.38. The predicted octanol–water partition coefficient (Wildman–Crippen LogP) is 6.06. The molecular weight excluding hydrogens is 823 g/mol. The minimum Gasteiger partial charge on any atom is -0.493 e. The minimum atomic E-state index is -1.11. The molecule has 4 aromatic carbocycles. The third kappa shape index (κ3) is 9.57. The van der Waals surface area contributed by atoms with Crippen LogP contribution < -0.4 is 29.5 Å². The van der Waals surface area contributed by atoms with E-state index in [1.54, 1.807) is 17.9 Å². The number of carbonyl (C=O) groups excluding carboxylic acids is 1. The highest BCUT2D eigenvalue weighted by Gasteiger charge is 2.46. The Morgan fingerprint density at radius 1 is 0.938 bits per heavy atom. The maximum Gasteiger partial charge on any atom is 0.350 e. The van der Waals surface area contributed by atoms with E-state index in [0.29, 0.717) is 44.1 Å². The number of halogens is 2. The number of piperazine rings is 1. The Morgan fingerprint density at radius 3 is 2.19 bits per heavy atom. The van der Waals surface area contributed by atoms with Gasteiger partial charge >= 0.3 is 11.7 Å². The molecule has 0 saturated carbocycles. The van der Waals surface area contributed by atoms with E-state index in [1.807, 2.05) is 80.2 Å². The first-order valence-corrected chi connectivity index (χ1v) is 21.8. The number of aryl methyl sites for hydroxylation is 2. The Labute approximate surface area is 370 Å². The molecule has 6 aromatic rings. The fraction of sp³-hybridized carbons (Fsp3) is 0.396. The molecule has 14 nitrogen and oxygen atoms in total. The second-order valence-corrected chi connectivity index (χ2v) is 17.0. The summed E-state index contributed by atoms with van der Waals surface area (Å²) in [5, 5.41) is 19.0. The Morgan fingerprint density at radius 2 is 1.58 bits per heavy atom. The highest BCUT2D eigenvalue weighted by atomic mass is 19.1. The summed E-state index contributed by atoms with van der Waals surface area (Å²) in [5.41, 5.74) is 4.48. The van der Waals surface area contributed by atoms with Crippen LogP contribution in [0.1, 0.15) is 61.9 Å². The van der Waals surface area contributed by atoms with E-state index in [-0.39, 0.29) is 35.7 Å². The molecular formula is C48H55F2N8O6+. The van der Waals surface area contributed by atoms with Crippen molar-refractivity contribution in [3.05, 3.63) is 142 Å². The standard InChI is InChI=1S/C48H55F2N8O6/c1-6-45(34(4)59)58-47(61)57(30-52-58)41-10-8-39(9-11-41)54-17-19-55(20-18-54)40-12-14-42(15-13-40)62-26-37-24-48(63-27-37,43-16-7-38(49)23-44(43)50)28-56-31-53(29-51-56)25-36-21-32(2)46(33(3)22-36)64-35(5)60/h7-16,21-23,29-31,34,37,45,59H,6,17-20,24-28H2,1-5H3/q+1/t34-,37+,45-,48-/m0/s1. The zero-order chi connectivity index (χ0) is 45.1. The van der Waals surface area contributed by atoms with Crippen LogP contribution in [0.3, 0.4) is 0 Å². The van der Waals surface area contributed by atoms with Crippen molar-refractivity contribution in [1.29, 1.82) is 0 Å². The molecule has 0 bridgehead atoms. The van der Waals surface area contributed by atoms with Gasteiger partial charge < -0.3 is 29.1 Å². The lowest BCUT2D eigenvalue weighted by atomic mass is 9.87. The van der Waals surface area contributed by atoms with E-state index in [9.17, 15) is 19.1 Å². The molecule has 4 heterocycles. The van der Waals surface area contributed by atoms with Crippen molar-refractivity contribution >= 4 is 17.3 Å². The fourth-order valence-electron chi connectivity index (χ4n) is 9.10. The van der Waals surface area contributed by atoms with Crippen molar-refractivity contribution in [2.45, 2.75) is 78.3 Å². The Balaban J connectivity index is 0.863. The van der Waals surface area contributed by atoms with Crippen LogP contribution in [0.15, 0.2) is 103 Å². The van der Waals surface area contributed by atoms with Crippen molar-refractivity contribution in [3.8, 4) is 17.2 Å². The highest BCUT2D eigenvalue weighted by molar-refractivity contribution is 5.70. The minimum absolute atomic E-state index is 0.0715. The second kappa shape index (κ2) is 18.8. The largest absolute Gasteiger partial charge is 0.493 e. The number of anilines is 2. The van der Waals surface area contributed by atoms with Gasteiger partial charge in [0.05, 0.1) is 37.6 Å². The number of esters is 1. The molecule has 8 rings (SSSR count). The maximum absolute atomic E-state index is 15.5. The van der Waals surface area contributed by atoms with Gasteiger partial charge in [-0.2, -0.15) is 5.10 Å². The average molecular weight is 878 g/mol. The lowest BCUT2D eigenvalue weighted by Gasteiger charge is -2.37. The normalized spacial score (nSPS) is 18.6. The number of rotatable bonds is 15. The van der Waals surface area contributed by atoms with Crippen LogP contribution in [-0.4, -0.2) is 80.7 Å². The topological polar surface area (TPSA) is 133 Å². The summed E-state index contributed by atoms with van der Waals surface area (Å²) >= 11 is 0. The molecule has 0 amide bonds. The van der Waals surface area contributed by atoms with Gasteiger partial charge in [0.2, 0.25) is 6.33 Å². The molecule has 0 spiro atoms. The number of hydrogen-bond acceptors (Lipinski definition) is 10. The first kappa shape index (κ1) is 44.2. The third-order valence-electron chi connectivity index (χ3n) is 12.3. The lowest BCUT2D eigenvalue weighted by Crippen LogP contribution is -2.46. The number of aliphatic hydroxyl groups excluding tert-OH is 1. The van der Waals surface area contributed by atoms with Gasteiger partial charge in [-0.25, -0.2) is 27.4 Å². The molecule has 2 aromatic heterocycles. The van der Waals surface area contributed by atoms with Gasteiger partial charge in [0.1, 0.15) is 41.6 Å². The predicted molar refractivity (Wildman–Crippen MR) is 236 cm³/mol.